The Hall–Kier alpha value is -0.610. The van der Waals surface area contributed by atoms with Gasteiger partial charge in [0.05, 0.1) is 5.60 Å². The predicted octanol–water partition coefficient (Wildman–Crippen LogP) is 0.376. The molecule has 0 aromatic heterocycles. The summed E-state index contributed by atoms with van der Waals surface area (Å²) in [6, 6.07) is 0.461. The van der Waals surface area contributed by atoms with Crippen molar-refractivity contribution in [2.24, 2.45) is 0 Å². The van der Waals surface area contributed by atoms with Crippen molar-refractivity contribution < 1.29 is 9.53 Å². The van der Waals surface area contributed by atoms with Crippen LogP contribution in [0.3, 0.4) is 0 Å². The van der Waals surface area contributed by atoms with E-state index in [-0.39, 0.29) is 18.1 Å². The smallest absolute Gasteiger partial charge is 0.246 e. The fraction of sp³-hybridized carbons (Fsp3) is 0.909. The van der Waals surface area contributed by atoms with Gasteiger partial charge in [0.2, 0.25) is 5.91 Å². The fourth-order valence-corrected chi connectivity index (χ4v) is 2.72. The summed E-state index contributed by atoms with van der Waals surface area (Å²) in [5.41, 5.74) is -0.194. The molecule has 0 aromatic rings. The maximum absolute atomic E-state index is 11.1. The number of rotatable bonds is 2. The standard InChI is InChI=1S/C11H20N2O2/c1-3-13-6-4-5-9(13)11(2)8-12-10(14)7-15-11/h9H,3-8H2,1-2H3,(H,12,14). The van der Waals surface area contributed by atoms with Gasteiger partial charge in [-0.2, -0.15) is 0 Å². The Morgan fingerprint density at radius 1 is 1.67 bits per heavy atom. The van der Waals surface area contributed by atoms with Crippen LogP contribution in [0.1, 0.15) is 26.7 Å². The van der Waals surface area contributed by atoms with E-state index >= 15 is 0 Å². The molecule has 15 heavy (non-hydrogen) atoms. The summed E-state index contributed by atoms with van der Waals surface area (Å²) in [5.74, 6) is 0.00789. The fourth-order valence-electron chi connectivity index (χ4n) is 2.72. The van der Waals surface area contributed by atoms with E-state index < -0.39 is 0 Å². The second-order valence-corrected chi connectivity index (χ2v) is 4.66. The minimum Gasteiger partial charge on any atom is -0.362 e. The van der Waals surface area contributed by atoms with Crippen LogP contribution in [0.15, 0.2) is 0 Å². The van der Waals surface area contributed by atoms with Gasteiger partial charge in [-0.1, -0.05) is 6.92 Å². The molecule has 2 unspecified atom stereocenters. The van der Waals surface area contributed by atoms with Gasteiger partial charge in [0.25, 0.3) is 0 Å². The normalized spacial score (nSPS) is 38.0. The molecule has 2 atom stereocenters. The maximum Gasteiger partial charge on any atom is 0.246 e. The van der Waals surface area contributed by atoms with Crippen LogP contribution in [0.2, 0.25) is 0 Å². The van der Waals surface area contributed by atoms with Gasteiger partial charge in [-0.15, -0.1) is 0 Å². The molecule has 4 nitrogen and oxygen atoms in total. The molecule has 0 saturated carbocycles. The molecular formula is C11H20N2O2. The van der Waals surface area contributed by atoms with Crippen LogP contribution < -0.4 is 5.32 Å². The first-order valence-electron chi connectivity index (χ1n) is 5.80. The zero-order valence-corrected chi connectivity index (χ0v) is 9.58. The Labute approximate surface area is 91.0 Å². The highest BCUT2D eigenvalue weighted by atomic mass is 16.5. The lowest BCUT2D eigenvalue weighted by molar-refractivity contribution is -0.149. The number of morpholine rings is 1. The van der Waals surface area contributed by atoms with Crippen LogP contribution in [-0.2, 0) is 9.53 Å². The summed E-state index contributed by atoms with van der Waals surface area (Å²) in [6.07, 6.45) is 2.42. The van der Waals surface area contributed by atoms with Crippen molar-refractivity contribution >= 4 is 5.91 Å². The van der Waals surface area contributed by atoms with Crippen molar-refractivity contribution in [3.8, 4) is 0 Å². The molecule has 2 fully saturated rings. The number of hydrogen-bond acceptors (Lipinski definition) is 3. The van der Waals surface area contributed by atoms with E-state index in [1.54, 1.807) is 0 Å². The van der Waals surface area contributed by atoms with Gasteiger partial charge in [0.15, 0.2) is 0 Å². The van der Waals surface area contributed by atoms with E-state index in [1.165, 1.54) is 12.8 Å². The number of nitrogens with zero attached hydrogens (tertiary/aromatic N) is 1. The molecule has 0 spiro atoms. The molecule has 0 aliphatic carbocycles. The average Bonchev–Trinajstić information content (AvgIpc) is 2.71. The summed E-state index contributed by atoms with van der Waals surface area (Å²) < 4.78 is 5.74. The first-order valence-corrected chi connectivity index (χ1v) is 5.80. The van der Waals surface area contributed by atoms with E-state index in [2.05, 4.69) is 24.1 Å². The van der Waals surface area contributed by atoms with Gasteiger partial charge < -0.3 is 10.1 Å². The molecule has 0 aromatic carbocycles. The van der Waals surface area contributed by atoms with Crippen LogP contribution in [-0.4, -0.2) is 48.7 Å². The summed E-state index contributed by atoms with van der Waals surface area (Å²) in [4.78, 5) is 13.5. The number of ether oxygens (including phenoxy) is 1. The molecule has 2 rings (SSSR count). The molecule has 2 aliphatic rings. The zero-order valence-electron chi connectivity index (χ0n) is 9.58. The minimum atomic E-state index is -0.194. The monoisotopic (exact) mass is 212 g/mol. The third-order valence-corrected chi connectivity index (χ3v) is 3.64. The number of amides is 1. The van der Waals surface area contributed by atoms with Gasteiger partial charge in [0, 0.05) is 12.6 Å². The van der Waals surface area contributed by atoms with Crippen molar-refractivity contribution in [1.82, 2.24) is 10.2 Å². The third kappa shape index (κ3) is 2.01. The summed E-state index contributed by atoms with van der Waals surface area (Å²) >= 11 is 0. The number of carbonyl (C=O) groups is 1. The topological polar surface area (TPSA) is 41.6 Å². The lowest BCUT2D eigenvalue weighted by Gasteiger charge is -2.42. The zero-order chi connectivity index (χ0) is 10.9. The van der Waals surface area contributed by atoms with Gasteiger partial charge in [-0.05, 0) is 32.9 Å². The van der Waals surface area contributed by atoms with Crippen molar-refractivity contribution in [3.63, 3.8) is 0 Å². The Bertz CT molecular complexity index is 245. The van der Waals surface area contributed by atoms with Crippen LogP contribution in [0.5, 0.6) is 0 Å². The Morgan fingerprint density at radius 2 is 2.47 bits per heavy atom. The minimum absolute atomic E-state index is 0.00789. The summed E-state index contributed by atoms with van der Waals surface area (Å²) in [7, 11) is 0. The van der Waals surface area contributed by atoms with Gasteiger partial charge in [-0.3, -0.25) is 9.69 Å². The van der Waals surface area contributed by atoms with Crippen molar-refractivity contribution in [2.75, 3.05) is 26.2 Å². The molecule has 0 bridgehead atoms. The van der Waals surface area contributed by atoms with E-state index in [0.717, 1.165) is 13.1 Å². The lowest BCUT2D eigenvalue weighted by Crippen LogP contribution is -2.60. The van der Waals surface area contributed by atoms with Crippen molar-refractivity contribution in [2.45, 2.75) is 38.3 Å². The highest BCUT2D eigenvalue weighted by Crippen LogP contribution is 2.30. The molecule has 4 heteroatoms. The molecule has 2 saturated heterocycles. The van der Waals surface area contributed by atoms with E-state index in [1.807, 2.05) is 0 Å². The van der Waals surface area contributed by atoms with Gasteiger partial charge in [-0.25, -0.2) is 0 Å². The predicted molar refractivity (Wildman–Crippen MR) is 57.6 cm³/mol. The van der Waals surface area contributed by atoms with E-state index in [4.69, 9.17) is 4.74 Å². The first-order chi connectivity index (χ1) is 7.15. The summed E-state index contributed by atoms with van der Waals surface area (Å²) in [5, 5.41) is 2.90. The Kier molecular flexibility index (Phi) is 2.98. The molecule has 2 aliphatic heterocycles. The molecule has 1 N–H and O–H groups in total. The number of carbonyl (C=O) groups excluding carboxylic acids is 1. The lowest BCUT2D eigenvalue weighted by atomic mass is 9.92. The molecular weight excluding hydrogens is 192 g/mol. The Morgan fingerprint density at radius 3 is 3.07 bits per heavy atom. The van der Waals surface area contributed by atoms with Crippen LogP contribution in [0, 0.1) is 0 Å². The van der Waals surface area contributed by atoms with Crippen molar-refractivity contribution in [1.29, 1.82) is 0 Å². The maximum atomic E-state index is 11.1. The highest BCUT2D eigenvalue weighted by Gasteiger charge is 2.43. The molecule has 2 heterocycles. The third-order valence-electron chi connectivity index (χ3n) is 3.64. The largest absolute Gasteiger partial charge is 0.362 e. The van der Waals surface area contributed by atoms with E-state index in [9.17, 15) is 4.79 Å². The second-order valence-electron chi connectivity index (χ2n) is 4.66. The second kappa shape index (κ2) is 4.10. The quantitative estimate of drug-likeness (QED) is 0.719. The molecule has 86 valence electrons. The number of nitrogens with one attached hydrogen (secondary N) is 1. The van der Waals surface area contributed by atoms with Crippen LogP contribution in [0.25, 0.3) is 0 Å². The first kappa shape index (κ1) is 10.9. The number of likely N-dealkylation sites (N-methyl/N-ethyl adjacent to an activating group) is 1. The highest BCUT2D eigenvalue weighted by molar-refractivity contribution is 5.78. The molecule has 0 radical (unpaired) electrons. The average molecular weight is 212 g/mol. The SMILES string of the molecule is CCN1CCCC1C1(C)CNC(=O)CO1. The molecule has 1 amide bonds. The van der Waals surface area contributed by atoms with Gasteiger partial charge >= 0.3 is 0 Å². The van der Waals surface area contributed by atoms with E-state index in [0.29, 0.717) is 12.6 Å². The summed E-state index contributed by atoms with van der Waals surface area (Å²) in [6.45, 7) is 7.39. The number of hydrogen-bond donors (Lipinski definition) is 1. The number of likely N-dealkylation sites (tertiary alicyclic amines) is 1. The van der Waals surface area contributed by atoms with Gasteiger partial charge in [0.1, 0.15) is 6.61 Å². The Balaban J connectivity index is 2.04. The van der Waals surface area contributed by atoms with Crippen molar-refractivity contribution in [3.05, 3.63) is 0 Å². The van der Waals surface area contributed by atoms with Crippen LogP contribution >= 0.6 is 0 Å². The van der Waals surface area contributed by atoms with Crippen LogP contribution in [0.4, 0.5) is 0 Å².